The Kier molecular flexibility index (Phi) is 4.98. The molecule has 0 spiro atoms. The Morgan fingerprint density at radius 3 is 2.90 bits per heavy atom. The van der Waals surface area contributed by atoms with E-state index in [9.17, 15) is 10.1 Å². The molecule has 1 heterocycles. The highest BCUT2D eigenvalue weighted by molar-refractivity contribution is 7.99. The SMILES string of the molecule is CCOc1ccc(NC2CSCCC2(C)C)c([N+](=O)[O-])c1. The molecule has 1 aromatic rings. The Hall–Kier alpha value is -1.43. The lowest BCUT2D eigenvalue weighted by atomic mass is 9.82. The van der Waals surface area contributed by atoms with Crippen molar-refractivity contribution < 1.29 is 9.66 Å². The van der Waals surface area contributed by atoms with Gasteiger partial charge in [-0.25, -0.2) is 0 Å². The number of nitrogens with one attached hydrogen (secondary N) is 1. The van der Waals surface area contributed by atoms with E-state index in [1.54, 1.807) is 12.1 Å². The average molecular weight is 310 g/mol. The van der Waals surface area contributed by atoms with Gasteiger partial charge in [0.1, 0.15) is 11.4 Å². The van der Waals surface area contributed by atoms with Crippen LogP contribution >= 0.6 is 11.8 Å². The molecular formula is C15H22N2O3S. The van der Waals surface area contributed by atoms with Crippen molar-refractivity contribution in [1.82, 2.24) is 0 Å². The summed E-state index contributed by atoms with van der Waals surface area (Å²) < 4.78 is 5.35. The average Bonchev–Trinajstić information content (AvgIpc) is 2.42. The first-order chi connectivity index (χ1) is 9.94. The summed E-state index contributed by atoms with van der Waals surface area (Å²) in [6.45, 7) is 6.78. The third-order valence-corrected chi connectivity index (χ3v) is 4.99. The molecule has 6 heteroatoms. The standard InChI is InChI=1S/C15H22N2O3S/c1-4-20-11-5-6-12(13(9-11)17(18)19)16-14-10-21-8-7-15(14,2)3/h5-6,9,14,16H,4,7-8,10H2,1-3H3. The van der Waals surface area contributed by atoms with Gasteiger partial charge < -0.3 is 10.1 Å². The highest BCUT2D eigenvalue weighted by Crippen LogP contribution is 2.38. The van der Waals surface area contributed by atoms with E-state index in [0.717, 1.165) is 17.9 Å². The van der Waals surface area contributed by atoms with Gasteiger partial charge in [0.25, 0.3) is 5.69 Å². The van der Waals surface area contributed by atoms with Crippen LogP contribution in [0.25, 0.3) is 0 Å². The molecule has 116 valence electrons. The van der Waals surface area contributed by atoms with E-state index in [1.807, 2.05) is 18.7 Å². The van der Waals surface area contributed by atoms with Gasteiger partial charge in [0.05, 0.1) is 17.6 Å². The maximum Gasteiger partial charge on any atom is 0.296 e. The quantitative estimate of drug-likeness (QED) is 0.659. The highest BCUT2D eigenvalue weighted by atomic mass is 32.2. The molecule has 5 nitrogen and oxygen atoms in total. The number of hydrogen-bond acceptors (Lipinski definition) is 5. The van der Waals surface area contributed by atoms with Crippen molar-refractivity contribution in [3.63, 3.8) is 0 Å². The molecule has 1 fully saturated rings. The van der Waals surface area contributed by atoms with Gasteiger partial charge in [-0.15, -0.1) is 0 Å². The zero-order valence-corrected chi connectivity index (χ0v) is 13.5. The summed E-state index contributed by atoms with van der Waals surface area (Å²) in [4.78, 5) is 10.9. The Balaban J connectivity index is 2.24. The van der Waals surface area contributed by atoms with E-state index in [-0.39, 0.29) is 22.1 Å². The first-order valence-corrected chi connectivity index (χ1v) is 8.35. The number of nitro benzene ring substituents is 1. The van der Waals surface area contributed by atoms with E-state index in [1.165, 1.54) is 6.07 Å². The summed E-state index contributed by atoms with van der Waals surface area (Å²) in [5, 5.41) is 14.7. The van der Waals surface area contributed by atoms with Crippen LogP contribution in [0.4, 0.5) is 11.4 Å². The van der Waals surface area contributed by atoms with Crippen LogP contribution in [-0.2, 0) is 0 Å². The van der Waals surface area contributed by atoms with Crippen LogP contribution in [-0.4, -0.2) is 29.1 Å². The minimum atomic E-state index is -0.353. The second-order valence-corrected chi connectivity index (χ2v) is 7.03. The second-order valence-electron chi connectivity index (χ2n) is 5.88. The van der Waals surface area contributed by atoms with Gasteiger partial charge in [-0.05, 0) is 36.6 Å². The van der Waals surface area contributed by atoms with Gasteiger partial charge in [0.15, 0.2) is 0 Å². The zero-order chi connectivity index (χ0) is 15.5. The van der Waals surface area contributed by atoms with Crippen molar-refractivity contribution in [3.05, 3.63) is 28.3 Å². The number of hydrogen-bond donors (Lipinski definition) is 1. The summed E-state index contributed by atoms with van der Waals surface area (Å²) in [7, 11) is 0. The fourth-order valence-electron chi connectivity index (χ4n) is 2.40. The largest absolute Gasteiger partial charge is 0.494 e. The number of ether oxygens (including phenoxy) is 1. The van der Waals surface area contributed by atoms with Gasteiger partial charge in [0, 0.05) is 11.8 Å². The fourth-order valence-corrected chi connectivity index (χ4v) is 4.01. The molecule has 0 aliphatic carbocycles. The summed E-state index contributed by atoms with van der Waals surface area (Å²) in [5.41, 5.74) is 0.786. The molecule has 2 rings (SSSR count). The second kappa shape index (κ2) is 6.56. The molecular weight excluding hydrogens is 288 g/mol. The number of anilines is 1. The number of nitro groups is 1. The monoisotopic (exact) mass is 310 g/mol. The van der Waals surface area contributed by atoms with Crippen LogP contribution in [0.5, 0.6) is 5.75 Å². The molecule has 1 aliphatic heterocycles. The lowest BCUT2D eigenvalue weighted by Gasteiger charge is -2.39. The molecule has 0 amide bonds. The third-order valence-electron chi connectivity index (χ3n) is 3.93. The van der Waals surface area contributed by atoms with Gasteiger partial charge in [-0.3, -0.25) is 10.1 Å². The number of thioether (sulfide) groups is 1. The maximum atomic E-state index is 11.3. The summed E-state index contributed by atoms with van der Waals surface area (Å²) in [5.74, 6) is 2.65. The molecule has 1 aliphatic rings. The third kappa shape index (κ3) is 3.81. The molecule has 0 radical (unpaired) electrons. The molecule has 1 unspecified atom stereocenters. The van der Waals surface area contributed by atoms with E-state index >= 15 is 0 Å². The van der Waals surface area contributed by atoms with E-state index in [2.05, 4.69) is 19.2 Å². The predicted molar refractivity (Wildman–Crippen MR) is 87.4 cm³/mol. The summed E-state index contributed by atoms with van der Waals surface area (Å²) >= 11 is 1.89. The van der Waals surface area contributed by atoms with Crippen LogP contribution in [0.15, 0.2) is 18.2 Å². The molecule has 1 N–H and O–H groups in total. The zero-order valence-electron chi connectivity index (χ0n) is 12.7. The molecule has 0 aromatic heterocycles. The van der Waals surface area contributed by atoms with Crippen LogP contribution < -0.4 is 10.1 Å². The molecule has 1 saturated heterocycles. The lowest BCUT2D eigenvalue weighted by molar-refractivity contribution is -0.384. The molecule has 1 aromatic carbocycles. The van der Waals surface area contributed by atoms with E-state index in [4.69, 9.17) is 4.74 Å². The Labute approximate surface area is 129 Å². The first-order valence-electron chi connectivity index (χ1n) is 7.19. The summed E-state index contributed by atoms with van der Waals surface area (Å²) in [6.07, 6.45) is 1.11. The predicted octanol–water partition coefficient (Wildman–Crippen LogP) is 3.94. The molecule has 1 atom stereocenters. The van der Waals surface area contributed by atoms with Crippen LogP contribution in [0.2, 0.25) is 0 Å². The number of rotatable bonds is 5. The molecule has 21 heavy (non-hydrogen) atoms. The Morgan fingerprint density at radius 1 is 1.52 bits per heavy atom. The van der Waals surface area contributed by atoms with E-state index in [0.29, 0.717) is 18.0 Å². The highest BCUT2D eigenvalue weighted by Gasteiger charge is 2.33. The minimum Gasteiger partial charge on any atom is -0.494 e. The maximum absolute atomic E-state index is 11.3. The van der Waals surface area contributed by atoms with Crippen molar-refractivity contribution >= 4 is 23.1 Å². The van der Waals surface area contributed by atoms with Crippen molar-refractivity contribution in [2.45, 2.75) is 33.2 Å². The first kappa shape index (κ1) is 15.9. The Bertz CT molecular complexity index is 520. The van der Waals surface area contributed by atoms with Crippen molar-refractivity contribution in [3.8, 4) is 5.75 Å². The van der Waals surface area contributed by atoms with Crippen molar-refractivity contribution in [1.29, 1.82) is 0 Å². The Morgan fingerprint density at radius 2 is 2.29 bits per heavy atom. The van der Waals surface area contributed by atoms with Gasteiger partial charge in [-0.2, -0.15) is 11.8 Å². The van der Waals surface area contributed by atoms with Gasteiger partial charge >= 0.3 is 0 Å². The molecule has 0 bridgehead atoms. The van der Waals surface area contributed by atoms with Crippen LogP contribution in [0.1, 0.15) is 27.2 Å². The van der Waals surface area contributed by atoms with Crippen LogP contribution in [0.3, 0.4) is 0 Å². The topological polar surface area (TPSA) is 64.4 Å². The van der Waals surface area contributed by atoms with Gasteiger partial charge in [0.2, 0.25) is 0 Å². The van der Waals surface area contributed by atoms with Crippen molar-refractivity contribution in [2.75, 3.05) is 23.4 Å². The minimum absolute atomic E-state index is 0.0762. The smallest absolute Gasteiger partial charge is 0.296 e. The number of nitrogens with zero attached hydrogens (tertiary/aromatic N) is 1. The van der Waals surface area contributed by atoms with Crippen molar-refractivity contribution in [2.24, 2.45) is 5.41 Å². The summed E-state index contributed by atoms with van der Waals surface area (Å²) in [6, 6.07) is 5.25. The normalized spacial score (nSPS) is 20.8. The number of benzene rings is 1. The molecule has 0 saturated carbocycles. The van der Waals surface area contributed by atoms with Crippen LogP contribution in [0, 0.1) is 15.5 Å². The van der Waals surface area contributed by atoms with Gasteiger partial charge in [-0.1, -0.05) is 13.8 Å². The fraction of sp³-hybridized carbons (Fsp3) is 0.600. The lowest BCUT2D eigenvalue weighted by Crippen LogP contribution is -2.41. The van der Waals surface area contributed by atoms with E-state index < -0.39 is 0 Å².